The Hall–Kier alpha value is -4.75. The van der Waals surface area contributed by atoms with Gasteiger partial charge in [0.1, 0.15) is 17.3 Å². The topological polar surface area (TPSA) is 159 Å². The average Bonchev–Trinajstić information content (AvgIpc) is 3.06. The monoisotopic (exact) mass is 636 g/mol. The average molecular weight is 637 g/mol. The van der Waals surface area contributed by atoms with Crippen molar-refractivity contribution >= 4 is 17.7 Å². The number of carbonyl (C=O) groups excluding carboxylic acids is 3. The second-order valence-corrected chi connectivity index (χ2v) is 9.45. The summed E-state index contributed by atoms with van der Waals surface area (Å²) in [6, 6.07) is 13.5. The van der Waals surface area contributed by atoms with Gasteiger partial charge in [-0.3, -0.25) is 14.4 Å². The predicted molar refractivity (Wildman–Crippen MR) is 175 cm³/mol. The molecule has 0 saturated carbocycles. The van der Waals surface area contributed by atoms with Gasteiger partial charge in [0.05, 0.1) is 45.3 Å². The molecule has 0 unspecified atom stereocenters. The Morgan fingerprint density at radius 2 is 1.48 bits per heavy atom. The van der Waals surface area contributed by atoms with Crippen LogP contribution in [0.3, 0.4) is 0 Å². The van der Waals surface area contributed by atoms with Gasteiger partial charge in [0.15, 0.2) is 6.61 Å². The van der Waals surface area contributed by atoms with Crippen molar-refractivity contribution in [3.8, 4) is 11.5 Å². The minimum Gasteiger partial charge on any atom is -0.484 e. The summed E-state index contributed by atoms with van der Waals surface area (Å²) in [6.45, 7) is 13.1. The highest BCUT2D eigenvalue weighted by Crippen LogP contribution is 2.21. The molecule has 5 N–H and O–H groups in total. The maximum Gasteiger partial charge on any atom is 0.258 e. The fourth-order valence-corrected chi connectivity index (χ4v) is 3.58. The highest BCUT2D eigenvalue weighted by Gasteiger charge is 2.12. The van der Waals surface area contributed by atoms with E-state index in [1.807, 2.05) is 0 Å². The standard InChI is InChI=1S/C34H44N4O8/c1-4-6-31(38-34(41)28-10-8-27(9-11-28)24-37-32(39)7-5-2)26(3)46-30-14-12-29(13-15-30)45-25-33(40)36-17-19-43-21-23-44-22-20-42-18-16-35/h4-15H,1,3,16-25,35H2,2H3,(H,36,40)(H,37,39)(H,38,41)/b7-5+,31-6+. The maximum atomic E-state index is 12.9. The van der Waals surface area contributed by atoms with Crippen LogP contribution < -0.4 is 31.2 Å². The number of allylic oxidation sites excluding steroid dienone is 3. The van der Waals surface area contributed by atoms with E-state index >= 15 is 0 Å². The summed E-state index contributed by atoms with van der Waals surface area (Å²) in [4.78, 5) is 36.5. The van der Waals surface area contributed by atoms with Crippen molar-refractivity contribution in [3.63, 3.8) is 0 Å². The second-order valence-electron chi connectivity index (χ2n) is 9.45. The number of carbonyl (C=O) groups is 3. The molecule has 0 heterocycles. The van der Waals surface area contributed by atoms with E-state index in [0.717, 1.165) is 5.56 Å². The molecule has 248 valence electrons. The lowest BCUT2D eigenvalue weighted by Gasteiger charge is -2.14. The molecule has 0 spiro atoms. The van der Waals surface area contributed by atoms with Gasteiger partial charge in [-0.15, -0.1) is 0 Å². The Labute approximate surface area is 270 Å². The smallest absolute Gasteiger partial charge is 0.258 e. The molecular formula is C34H44N4O8. The molecule has 0 aliphatic heterocycles. The zero-order valence-corrected chi connectivity index (χ0v) is 26.3. The Bertz CT molecular complexity index is 1310. The third-order valence-corrected chi connectivity index (χ3v) is 5.84. The Morgan fingerprint density at radius 1 is 0.848 bits per heavy atom. The van der Waals surface area contributed by atoms with Gasteiger partial charge in [0.25, 0.3) is 11.8 Å². The van der Waals surface area contributed by atoms with Gasteiger partial charge in [0.2, 0.25) is 5.91 Å². The normalized spacial score (nSPS) is 11.1. The lowest BCUT2D eigenvalue weighted by atomic mass is 10.1. The number of benzene rings is 2. The van der Waals surface area contributed by atoms with Crippen molar-refractivity contribution in [1.82, 2.24) is 16.0 Å². The van der Waals surface area contributed by atoms with Gasteiger partial charge >= 0.3 is 0 Å². The molecule has 2 aromatic rings. The Balaban J connectivity index is 1.71. The number of nitrogens with one attached hydrogen (secondary N) is 3. The molecule has 0 aromatic heterocycles. The van der Waals surface area contributed by atoms with Crippen LogP contribution in [0.15, 0.2) is 97.4 Å². The first-order valence-corrected chi connectivity index (χ1v) is 14.8. The summed E-state index contributed by atoms with van der Waals surface area (Å²) in [6.07, 6.45) is 6.18. The quantitative estimate of drug-likeness (QED) is 0.0623. The van der Waals surface area contributed by atoms with Gasteiger partial charge in [-0.05, 0) is 61.0 Å². The number of amides is 3. The molecule has 2 aromatic carbocycles. The van der Waals surface area contributed by atoms with E-state index in [1.165, 1.54) is 12.2 Å². The van der Waals surface area contributed by atoms with E-state index in [0.29, 0.717) is 82.0 Å². The van der Waals surface area contributed by atoms with Crippen molar-refractivity contribution in [1.29, 1.82) is 0 Å². The molecule has 0 bridgehead atoms. The van der Waals surface area contributed by atoms with Gasteiger partial charge < -0.3 is 45.4 Å². The van der Waals surface area contributed by atoms with E-state index < -0.39 is 0 Å². The van der Waals surface area contributed by atoms with Crippen LogP contribution in [0.5, 0.6) is 11.5 Å². The Kier molecular flexibility index (Phi) is 18.5. The lowest BCUT2D eigenvalue weighted by Crippen LogP contribution is -2.31. The van der Waals surface area contributed by atoms with Crippen molar-refractivity contribution in [2.75, 3.05) is 59.3 Å². The van der Waals surface area contributed by atoms with Crippen LogP contribution >= 0.6 is 0 Å². The molecule has 12 nitrogen and oxygen atoms in total. The maximum absolute atomic E-state index is 12.9. The van der Waals surface area contributed by atoms with Crippen LogP contribution in [0, 0.1) is 0 Å². The van der Waals surface area contributed by atoms with Crippen LogP contribution in [-0.2, 0) is 30.3 Å². The molecule has 12 heteroatoms. The van der Waals surface area contributed by atoms with Gasteiger partial charge in [-0.1, -0.05) is 37.4 Å². The number of ether oxygens (including phenoxy) is 5. The second kappa shape index (κ2) is 22.7. The van der Waals surface area contributed by atoms with Crippen LogP contribution in [0.25, 0.3) is 0 Å². The van der Waals surface area contributed by atoms with Crippen LogP contribution in [0.1, 0.15) is 22.8 Å². The van der Waals surface area contributed by atoms with Crippen LogP contribution in [0.2, 0.25) is 0 Å². The summed E-state index contributed by atoms with van der Waals surface area (Å²) in [7, 11) is 0. The van der Waals surface area contributed by atoms with E-state index in [1.54, 1.807) is 67.6 Å². The van der Waals surface area contributed by atoms with Gasteiger partial charge in [0, 0.05) is 25.2 Å². The molecular weight excluding hydrogens is 592 g/mol. The summed E-state index contributed by atoms with van der Waals surface area (Å²) in [5, 5.41) is 8.26. The molecule has 0 aliphatic rings. The third kappa shape index (κ3) is 15.8. The molecule has 0 fully saturated rings. The molecule has 0 atom stereocenters. The number of rotatable bonds is 23. The molecule has 3 amide bonds. The predicted octanol–water partition coefficient (Wildman–Crippen LogP) is 2.77. The zero-order valence-electron chi connectivity index (χ0n) is 26.3. The highest BCUT2D eigenvalue weighted by atomic mass is 16.5. The van der Waals surface area contributed by atoms with Gasteiger partial charge in [-0.25, -0.2) is 0 Å². The number of nitrogens with two attached hydrogens (primary N) is 1. The fourth-order valence-electron chi connectivity index (χ4n) is 3.58. The third-order valence-electron chi connectivity index (χ3n) is 5.84. The summed E-state index contributed by atoms with van der Waals surface area (Å²) >= 11 is 0. The van der Waals surface area contributed by atoms with E-state index in [4.69, 9.17) is 29.4 Å². The van der Waals surface area contributed by atoms with E-state index in [9.17, 15) is 14.4 Å². The van der Waals surface area contributed by atoms with E-state index in [2.05, 4.69) is 29.1 Å². The molecule has 2 rings (SSSR count). The largest absolute Gasteiger partial charge is 0.484 e. The fraction of sp³-hybridized carbons (Fsp3) is 0.324. The highest BCUT2D eigenvalue weighted by molar-refractivity contribution is 5.95. The first kappa shape index (κ1) is 37.4. The van der Waals surface area contributed by atoms with Crippen LogP contribution in [0.4, 0.5) is 0 Å². The zero-order chi connectivity index (χ0) is 33.4. The molecule has 0 radical (unpaired) electrons. The van der Waals surface area contributed by atoms with Gasteiger partial charge in [-0.2, -0.15) is 0 Å². The minimum atomic E-state index is -0.370. The van der Waals surface area contributed by atoms with Crippen molar-refractivity contribution in [2.45, 2.75) is 13.5 Å². The molecule has 0 saturated heterocycles. The summed E-state index contributed by atoms with van der Waals surface area (Å²) in [5.74, 6) is 0.257. The summed E-state index contributed by atoms with van der Waals surface area (Å²) in [5.41, 5.74) is 6.92. The van der Waals surface area contributed by atoms with Crippen molar-refractivity contribution in [2.24, 2.45) is 5.73 Å². The van der Waals surface area contributed by atoms with Crippen molar-refractivity contribution < 1.29 is 38.1 Å². The molecule has 46 heavy (non-hydrogen) atoms. The Morgan fingerprint density at radius 3 is 2.11 bits per heavy atom. The summed E-state index contributed by atoms with van der Waals surface area (Å²) < 4.78 is 27.3. The SMILES string of the molecule is C=C/C=C(/NC(=O)c1ccc(CNC(=O)/C=C/C)cc1)C(=C)Oc1ccc(OCC(=O)NCCOCCOCCOCCN)cc1. The first-order valence-electron chi connectivity index (χ1n) is 14.8. The minimum absolute atomic E-state index is 0.164. The van der Waals surface area contributed by atoms with Crippen LogP contribution in [-0.4, -0.2) is 77.1 Å². The number of hydrogen-bond donors (Lipinski definition) is 4. The first-order chi connectivity index (χ1) is 22.4. The molecule has 0 aliphatic carbocycles. The van der Waals surface area contributed by atoms with E-state index in [-0.39, 0.29) is 30.1 Å². The van der Waals surface area contributed by atoms with Crippen molar-refractivity contribution in [3.05, 3.63) is 109 Å². The lowest BCUT2D eigenvalue weighted by molar-refractivity contribution is -0.123. The number of hydrogen-bond acceptors (Lipinski definition) is 9.